The largest absolute Gasteiger partial charge is 0.481 e. The van der Waals surface area contributed by atoms with Gasteiger partial charge in [-0.3, -0.25) is 19.3 Å². The number of nitrogens with one attached hydrogen (secondary N) is 2. The minimum absolute atomic E-state index is 0.0890. The number of hydrogen-bond donors (Lipinski definition) is 5. The summed E-state index contributed by atoms with van der Waals surface area (Å²) in [7, 11) is 0. The smallest absolute Gasteiger partial charge is 0.352 e. The standard InChI is InChI=1S/C20H21N7O6S3/c1-8(36-20-23-25-26-24-20)11-6-35-18-14(17(31)27(18)15(11)19(32)33)22-16(30)13(21)9-2-4-10(5-3-9)34-7-12(28)29/h2-5,8,13-14,18H,6-7,21H2,1H3,(H,22,30)(H,28,29)(H,32,33)(H,23,24,25,26)/t8?,13?,14?,18-/m0/s1. The van der Waals surface area contributed by atoms with E-state index in [1.54, 1.807) is 31.2 Å². The van der Waals surface area contributed by atoms with Crippen molar-refractivity contribution in [3.05, 3.63) is 41.1 Å². The molecule has 0 spiro atoms. The van der Waals surface area contributed by atoms with Crippen LogP contribution in [0, 0.1) is 0 Å². The summed E-state index contributed by atoms with van der Waals surface area (Å²) in [5.41, 5.74) is 7.03. The number of fused-ring (bicyclic) bond motifs is 1. The van der Waals surface area contributed by atoms with Crippen LogP contribution in [0.3, 0.4) is 0 Å². The highest BCUT2D eigenvalue weighted by atomic mass is 32.2. The van der Waals surface area contributed by atoms with Crippen LogP contribution in [0.2, 0.25) is 0 Å². The molecule has 3 heterocycles. The lowest BCUT2D eigenvalue weighted by molar-refractivity contribution is -0.150. The van der Waals surface area contributed by atoms with E-state index in [1.165, 1.54) is 28.4 Å². The summed E-state index contributed by atoms with van der Waals surface area (Å²) in [5.74, 6) is -3.02. The fourth-order valence-electron chi connectivity index (χ4n) is 3.70. The minimum atomic E-state index is -1.23. The second-order valence-electron chi connectivity index (χ2n) is 7.76. The van der Waals surface area contributed by atoms with E-state index >= 15 is 0 Å². The number of hydrogen-bond acceptors (Lipinski definition) is 11. The van der Waals surface area contributed by atoms with E-state index < -0.39 is 41.2 Å². The van der Waals surface area contributed by atoms with Crippen LogP contribution in [0.1, 0.15) is 18.5 Å². The van der Waals surface area contributed by atoms with Gasteiger partial charge < -0.3 is 21.3 Å². The van der Waals surface area contributed by atoms with E-state index in [-0.39, 0.29) is 16.7 Å². The van der Waals surface area contributed by atoms with Gasteiger partial charge in [0.05, 0.1) is 5.75 Å². The van der Waals surface area contributed by atoms with Crippen LogP contribution in [0.4, 0.5) is 0 Å². The number of β-lactam (4-membered cyclic amide) rings is 1. The first-order valence-electron chi connectivity index (χ1n) is 10.5. The Morgan fingerprint density at radius 1 is 1.31 bits per heavy atom. The van der Waals surface area contributed by atoms with Gasteiger partial charge in [-0.15, -0.1) is 33.7 Å². The Kier molecular flexibility index (Phi) is 7.87. The van der Waals surface area contributed by atoms with E-state index in [9.17, 15) is 24.3 Å². The molecule has 0 radical (unpaired) electrons. The van der Waals surface area contributed by atoms with Gasteiger partial charge in [0.1, 0.15) is 23.2 Å². The zero-order valence-electron chi connectivity index (χ0n) is 18.7. The fraction of sp³-hybridized carbons (Fsp3) is 0.350. The molecule has 0 bridgehead atoms. The summed E-state index contributed by atoms with van der Waals surface area (Å²) in [6, 6.07) is 4.62. The summed E-state index contributed by atoms with van der Waals surface area (Å²) in [6.07, 6.45) is 0. The van der Waals surface area contributed by atoms with Gasteiger partial charge in [0.25, 0.3) is 5.91 Å². The average Bonchev–Trinajstić information content (AvgIpc) is 3.37. The van der Waals surface area contributed by atoms with Crippen molar-refractivity contribution in [2.24, 2.45) is 5.73 Å². The minimum Gasteiger partial charge on any atom is -0.481 e. The molecule has 4 rings (SSSR count). The maximum Gasteiger partial charge on any atom is 0.352 e. The summed E-state index contributed by atoms with van der Waals surface area (Å²) < 4.78 is 0. The molecule has 0 saturated carbocycles. The van der Waals surface area contributed by atoms with Gasteiger partial charge in [0, 0.05) is 15.9 Å². The number of nitrogens with two attached hydrogens (primary N) is 1. The molecule has 16 heteroatoms. The lowest BCUT2D eigenvalue weighted by Crippen LogP contribution is -2.71. The molecule has 13 nitrogen and oxygen atoms in total. The fourth-order valence-corrected chi connectivity index (χ4v) is 6.73. The topological polar surface area (TPSA) is 204 Å². The number of carbonyl (C=O) groups is 4. The number of thioether (sulfide) groups is 3. The zero-order valence-corrected chi connectivity index (χ0v) is 21.1. The van der Waals surface area contributed by atoms with Crippen LogP contribution in [-0.4, -0.2) is 87.7 Å². The highest BCUT2D eigenvalue weighted by molar-refractivity contribution is 8.01. The molecule has 1 aromatic carbocycles. The van der Waals surface area contributed by atoms with Crippen molar-refractivity contribution in [3.63, 3.8) is 0 Å². The van der Waals surface area contributed by atoms with Crippen LogP contribution >= 0.6 is 35.3 Å². The molecule has 2 aromatic rings. The lowest BCUT2D eigenvalue weighted by atomic mass is 10.0. The maximum atomic E-state index is 12.9. The van der Waals surface area contributed by atoms with Crippen LogP contribution in [0.25, 0.3) is 0 Å². The first-order chi connectivity index (χ1) is 17.2. The average molecular weight is 552 g/mol. The Bertz CT molecular complexity index is 1210. The molecule has 2 aliphatic rings. The number of amides is 2. The second kappa shape index (κ2) is 10.9. The van der Waals surface area contributed by atoms with Crippen LogP contribution in [-0.2, 0) is 19.2 Å². The Hall–Kier alpha value is -3.08. The number of carboxylic acids is 2. The van der Waals surface area contributed by atoms with Crippen LogP contribution in [0.15, 0.2) is 45.6 Å². The van der Waals surface area contributed by atoms with Crippen molar-refractivity contribution < 1.29 is 29.4 Å². The number of aromatic amines is 1. The second-order valence-corrected chi connectivity index (χ2v) is 11.2. The first kappa shape index (κ1) is 26.0. The predicted molar refractivity (Wildman–Crippen MR) is 131 cm³/mol. The van der Waals surface area contributed by atoms with Gasteiger partial charge in [-0.1, -0.05) is 23.9 Å². The van der Waals surface area contributed by atoms with Gasteiger partial charge in [-0.2, -0.15) is 5.21 Å². The number of tetrazole rings is 1. The summed E-state index contributed by atoms with van der Waals surface area (Å²) in [6.45, 7) is 1.80. The SMILES string of the molecule is CC(Sc1nn[nH]n1)C1=C(C(=O)O)N2C(=O)C(NC(=O)C(N)c3ccc(SCC(=O)O)cc3)[C@@H]2SC1. The number of H-pyrrole nitrogens is 1. The van der Waals surface area contributed by atoms with E-state index in [1.807, 2.05) is 0 Å². The van der Waals surface area contributed by atoms with E-state index in [0.29, 0.717) is 26.9 Å². The monoisotopic (exact) mass is 551 g/mol. The molecule has 4 atom stereocenters. The molecular weight excluding hydrogens is 530 g/mol. The third-order valence-electron chi connectivity index (χ3n) is 5.48. The van der Waals surface area contributed by atoms with Gasteiger partial charge in [-0.25, -0.2) is 4.79 Å². The quantitative estimate of drug-likeness (QED) is 0.199. The number of carbonyl (C=O) groups excluding carboxylic acids is 2. The lowest BCUT2D eigenvalue weighted by Gasteiger charge is -2.50. The Morgan fingerprint density at radius 2 is 2.03 bits per heavy atom. The molecule has 3 unspecified atom stereocenters. The number of aromatic nitrogens is 4. The Labute approximate surface area is 217 Å². The molecule has 2 aliphatic heterocycles. The number of nitrogens with zero attached hydrogens (tertiary/aromatic N) is 4. The molecular formula is C20H21N7O6S3. The molecule has 36 heavy (non-hydrogen) atoms. The maximum absolute atomic E-state index is 12.9. The molecule has 6 N–H and O–H groups in total. The van der Waals surface area contributed by atoms with Crippen molar-refractivity contribution in [1.82, 2.24) is 30.8 Å². The van der Waals surface area contributed by atoms with Gasteiger partial charge >= 0.3 is 11.9 Å². The van der Waals surface area contributed by atoms with E-state index in [2.05, 4.69) is 25.9 Å². The summed E-state index contributed by atoms with van der Waals surface area (Å²) in [5, 5.41) is 34.3. The highest BCUT2D eigenvalue weighted by Crippen LogP contribution is 2.43. The van der Waals surface area contributed by atoms with Crippen molar-refractivity contribution in [2.75, 3.05) is 11.5 Å². The van der Waals surface area contributed by atoms with E-state index in [0.717, 1.165) is 11.8 Å². The highest BCUT2D eigenvalue weighted by Gasteiger charge is 2.54. The van der Waals surface area contributed by atoms with Gasteiger partial charge in [-0.05, 0) is 35.4 Å². The van der Waals surface area contributed by atoms with Crippen molar-refractivity contribution in [1.29, 1.82) is 0 Å². The van der Waals surface area contributed by atoms with Crippen molar-refractivity contribution in [2.45, 2.75) is 39.7 Å². The van der Waals surface area contributed by atoms with Crippen LogP contribution in [0.5, 0.6) is 0 Å². The number of rotatable bonds is 10. The molecule has 1 saturated heterocycles. The molecule has 1 aromatic heterocycles. The number of carboxylic acid groups (broad SMARTS) is 2. The first-order valence-corrected chi connectivity index (χ1v) is 13.4. The predicted octanol–water partition coefficient (Wildman–Crippen LogP) is 0.296. The zero-order chi connectivity index (χ0) is 26.0. The molecule has 2 amide bonds. The number of aliphatic carboxylic acids is 2. The Morgan fingerprint density at radius 3 is 2.64 bits per heavy atom. The third kappa shape index (κ3) is 5.35. The van der Waals surface area contributed by atoms with Gasteiger partial charge in [0.15, 0.2) is 0 Å². The van der Waals surface area contributed by atoms with Gasteiger partial charge in [0.2, 0.25) is 11.1 Å². The molecule has 1 fully saturated rings. The van der Waals surface area contributed by atoms with Crippen molar-refractivity contribution in [3.8, 4) is 0 Å². The normalized spacial score (nSPS) is 20.8. The van der Waals surface area contributed by atoms with E-state index in [4.69, 9.17) is 10.8 Å². The molecule has 190 valence electrons. The Balaban J connectivity index is 1.42. The number of benzene rings is 1. The van der Waals surface area contributed by atoms with Crippen molar-refractivity contribution >= 4 is 59.0 Å². The third-order valence-corrected chi connectivity index (χ3v) is 8.80. The summed E-state index contributed by atoms with van der Waals surface area (Å²) >= 11 is 3.71. The molecule has 0 aliphatic carbocycles. The summed E-state index contributed by atoms with van der Waals surface area (Å²) in [4.78, 5) is 50.4. The van der Waals surface area contributed by atoms with Crippen LogP contribution < -0.4 is 11.1 Å².